The zero-order chi connectivity index (χ0) is 10.3. The predicted molar refractivity (Wildman–Crippen MR) is 56.7 cm³/mol. The second kappa shape index (κ2) is 3.20. The van der Waals surface area contributed by atoms with Crippen molar-refractivity contribution in [3.05, 3.63) is 18.2 Å². The van der Waals surface area contributed by atoms with Crippen molar-refractivity contribution in [1.29, 1.82) is 0 Å². The Morgan fingerprint density at radius 2 is 2.14 bits per heavy atom. The fourth-order valence-electron chi connectivity index (χ4n) is 1.02. The number of nitrogens with zero attached hydrogens (tertiary/aromatic N) is 1. The molecule has 1 aromatic carbocycles. The monoisotopic (exact) mass is 247 g/mol. The fraction of sp³-hybridized carbons (Fsp3) is 0. The Hall–Kier alpha value is -0.630. The van der Waals surface area contributed by atoms with E-state index >= 15 is 0 Å². The van der Waals surface area contributed by atoms with Crippen molar-refractivity contribution < 1.29 is 13.0 Å². The third kappa shape index (κ3) is 1.63. The molecule has 0 unspecified atom stereocenters. The molecule has 0 aliphatic rings. The van der Waals surface area contributed by atoms with E-state index in [9.17, 15) is 8.42 Å². The molecule has 0 bridgehead atoms. The van der Waals surface area contributed by atoms with Crippen molar-refractivity contribution in [1.82, 2.24) is 4.98 Å². The second-order valence-electron chi connectivity index (χ2n) is 2.58. The minimum atomic E-state index is -4.21. The molecular weight excluding hydrogens is 242 g/mol. The summed E-state index contributed by atoms with van der Waals surface area (Å²) in [5, 5.41) is 0. The van der Waals surface area contributed by atoms with E-state index in [0.717, 1.165) is 11.3 Å². The molecule has 0 saturated carbocycles. The molecule has 2 aromatic rings. The second-order valence-corrected chi connectivity index (χ2v) is 5.69. The van der Waals surface area contributed by atoms with E-state index in [1.807, 2.05) is 0 Å². The summed E-state index contributed by atoms with van der Waals surface area (Å²) >= 11 is 5.05. The Bertz CT molecular complexity index is 587. The van der Waals surface area contributed by atoms with Gasteiger partial charge in [0.25, 0.3) is 0 Å². The number of benzene rings is 1. The van der Waals surface area contributed by atoms with Gasteiger partial charge in [0, 0.05) is 4.90 Å². The average Bonchev–Trinajstić information content (AvgIpc) is 2.48. The molecule has 1 aromatic heterocycles. The number of hydrogen-bond acceptors (Lipinski definition) is 5. The number of hydrogen-bond donors (Lipinski definition) is 2. The molecule has 1 N–H and O–H groups in total. The summed E-state index contributed by atoms with van der Waals surface area (Å²) in [4.78, 5) is 4.38. The first-order chi connectivity index (χ1) is 6.48. The molecule has 0 saturated heterocycles. The zero-order valence-electron chi connectivity index (χ0n) is 6.71. The maximum Gasteiger partial charge on any atom is 0.322 e. The van der Waals surface area contributed by atoms with E-state index < -0.39 is 10.1 Å². The van der Waals surface area contributed by atoms with E-state index in [0.29, 0.717) is 15.1 Å². The Labute approximate surface area is 89.8 Å². The number of aromatic nitrogens is 1. The summed E-state index contributed by atoms with van der Waals surface area (Å²) in [6.45, 7) is 0. The van der Waals surface area contributed by atoms with Crippen molar-refractivity contribution in [3.8, 4) is 0 Å². The number of thiazole rings is 1. The van der Waals surface area contributed by atoms with Crippen LogP contribution in [-0.4, -0.2) is 18.0 Å². The van der Waals surface area contributed by atoms with Gasteiger partial charge in [0.05, 0.1) is 10.2 Å². The first kappa shape index (κ1) is 9.91. The van der Waals surface area contributed by atoms with Crippen LogP contribution in [0.15, 0.2) is 27.4 Å². The summed E-state index contributed by atoms with van der Waals surface area (Å²) in [7, 11) is -4.21. The smallest absolute Gasteiger partial charge is 0.280 e. The van der Waals surface area contributed by atoms with Crippen LogP contribution in [0, 0.1) is 0 Å². The van der Waals surface area contributed by atoms with Crippen LogP contribution in [0.3, 0.4) is 0 Å². The minimum absolute atomic E-state index is 0.297. The standard InChI is InChI=1S/C7H5NO3S3/c9-14(10,11)7-8-6-4(12)2-1-3-5(6)13-7/h1-3,12H,(H,9,10,11). The lowest BCUT2D eigenvalue weighted by atomic mass is 10.3. The average molecular weight is 247 g/mol. The van der Waals surface area contributed by atoms with Crippen molar-refractivity contribution in [2.24, 2.45) is 0 Å². The normalized spacial score (nSPS) is 12.1. The van der Waals surface area contributed by atoms with Crippen LogP contribution >= 0.6 is 24.0 Å². The van der Waals surface area contributed by atoms with Crippen LogP contribution in [-0.2, 0) is 10.1 Å². The molecule has 0 aliphatic carbocycles. The number of thiol groups is 1. The minimum Gasteiger partial charge on any atom is -0.280 e. The molecule has 2 rings (SSSR count). The summed E-state index contributed by atoms with van der Waals surface area (Å²) in [6, 6.07) is 5.18. The van der Waals surface area contributed by atoms with Crippen LogP contribution in [0.1, 0.15) is 0 Å². The highest BCUT2D eigenvalue weighted by atomic mass is 32.3. The van der Waals surface area contributed by atoms with Gasteiger partial charge in [0.15, 0.2) is 0 Å². The largest absolute Gasteiger partial charge is 0.322 e. The van der Waals surface area contributed by atoms with Crippen molar-refractivity contribution >= 4 is 44.3 Å². The van der Waals surface area contributed by atoms with Gasteiger partial charge >= 0.3 is 10.1 Å². The van der Waals surface area contributed by atoms with E-state index in [1.54, 1.807) is 18.2 Å². The maximum atomic E-state index is 10.8. The van der Waals surface area contributed by atoms with Gasteiger partial charge in [-0.1, -0.05) is 6.07 Å². The van der Waals surface area contributed by atoms with Gasteiger partial charge in [-0.15, -0.1) is 24.0 Å². The van der Waals surface area contributed by atoms with E-state index in [1.165, 1.54) is 0 Å². The lowest BCUT2D eigenvalue weighted by Crippen LogP contribution is -1.95. The topological polar surface area (TPSA) is 67.3 Å². The third-order valence-corrected chi connectivity index (χ3v) is 4.19. The third-order valence-electron chi connectivity index (χ3n) is 1.60. The molecule has 7 heteroatoms. The SMILES string of the molecule is O=S(=O)(O)c1nc2c(S)cccc2s1. The molecule has 0 atom stereocenters. The molecule has 0 fully saturated rings. The highest BCUT2D eigenvalue weighted by Gasteiger charge is 2.16. The van der Waals surface area contributed by atoms with E-state index in [2.05, 4.69) is 17.6 Å². The first-order valence-electron chi connectivity index (χ1n) is 3.54. The summed E-state index contributed by atoms with van der Waals surface area (Å²) in [5.41, 5.74) is 0.494. The van der Waals surface area contributed by atoms with Gasteiger partial charge in [-0.2, -0.15) is 8.42 Å². The predicted octanol–water partition coefficient (Wildman–Crippen LogP) is 1.83. The van der Waals surface area contributed by atoms with Gasteiger partial charge in [0.2, 0.25) is 4.34 Å². The van der Waals surface area contributed by atoms with E-state index in [4.69, 9.17) is 4.55 Å². The molecule has 0 aliphatic heterocycles. The van der Waals surface area contributed by atoms with Crippen molar-refractivity contribution in [2.75, 3.05) is 0 Å². The fourth-order valence-corrected chi connectivity index (χ4v) is 2.98. The van der Waals surface area contributed by atoms with Crippen LogP contribution in [0.25, 0.3) is 10.2 Å². The summed E-state index contributed by atoms with van der Waals surface area (Å²) in [5.74, 6) is 0. The van der Waals surface area contributed by atoms with Gasteiger partial charge in [-0.25, -0.2) is 4.98 Å². The molecule has 14 heavy (non-hydrogen) atoms. The highest BCUT2D eigenvalue weighted by Crippen LogP contribution is 2.28. The van der Waals surface area contributed by atoms with Crippen molar-refractivity contribution in [2.45, 2.75) is 9.24 Å². The van der Waals surface area contributed by atoms with Gasteiger partial charge in [-0.3, -0.25) is 4.55 Å². The van der Waals surface area contributed by atoms with Crippen LogP contribution < -0.4 is 0 Å². The Balaban J connectivity index is 2.81. The van der Waals surface area contributed by atoms with Crippen molar-refractivity contribution in [3.63, 3.8) is 0 Å². The summed E-state index contributed by atoms with van der Waals surface area (Å²) < 4.78 is 30.7. The summed E-state index contributed by atoms with van der Waals surface area (Å²) in [6.07, 6.45) is 0. The van der Waals surface area contributed by atoms with Crippen LogP contribution in [0.5, 0.6) is 0 Å². The molecule has 0 radical (unpaired) electrons. The quantitative estimate of drug-likeness (QED) is 0.596. The number of para-hydroxylation sites is 1. The van der Waals surface area contributed by atoms with Gasteiger partial charge in [-0.05, 0) is 12.1 Å². The van der Waals surface area contributed by atoms with Crippen LogP contribution in [0.4, 0.5) is 0 Å². The number of fused-ring (bicyclic) bond motifs is 1. The lowest BCUT2D eigenvalue weighted by Gasteiger charge is -1.89. The lowest BCUT2D eigenvalue weighted by molar-refractivity contribution is 0.482. The number of rotatable bonds is 1. The molecule has 1 heterocycles. The van der Waals surface area contributed by atoms with E-state index in [-0.39, 0.29) is 4.34 Å². The Morgan fingerprint density at radius 3 is 2.71 bits per heavy atom. The Morgan fingerprint density at radius 1 is 1.43 bits per heavy atom. The first-order valence-corrected chi connectivity index (χ1v) is 6.25. The molecule has 74 valence electrons. The van der Waals surface area contributed by atoms with Crippen LogP contribution in [0.2, 0.25) is 0 Å². The molecule has 0 spiro atoms. The van der Waals surface area contributed by atoms with Gasteiger partial charge in [0.1, 0.15) is 0 Å². The maximum absolute atomic E-state index is 10.8. The molecule has 0 amide bonds. The highest BCUT2D eigenvalue weighted by molar-refractivity contribution is 7.88. The zero-order valence-corrected chi connectivity index (χ0v) is 9.23. The Kier molecular flexibility index (Phi) is 2.26. The molecular formula is C7H5NO3S3. The molecule has 4 nitrogen and oxygen atoms in total. The van der Waals surface area contributed by atoms with Gasteiger partial charge < -0.3 is 0 Å².